The second-order valence-corrected chi connectivity index (χ2v) is 4.40. The zero-order chi connectivity index (χ0) is 13.7. The number of nitrogens with one attached hydrogen (secondary N) is 1. The number of nitrogens with two attached hydrogens (primary N) is 1. The highest BCUT2D eigenvalue weighted by atomic mass is 79.9. The molecule has 18 heavy (non-hydrogen) atoms. The van der Waals surface area contributed by atoms with Crippen LogP contribution in [0.5, 0.6) is 0 Å². The number of halogens is 1. The lowest BCUT2D eigenvalue weighted by Crippen LogP contribution is -2.35. The Hall–Kier alpha value is -1.44. The fourth-order valence-electron chi connectivity index (χ4n) is 1.32. The van der Waals surface area contributed by atoms with E-state index in [2.05, 4.69) is 21.2 Å². The average Bonchev–Trinajstić information content (AvgIpc) is 2.29. The lowest BCUT2D eigenvalue weighted by atomic mass is 10.2. The summed E-state index contributed by atoms with van der Waals surface area (Å²) in [6.07, 6.45) is -0.766. The predicted octanol–water partition coefficient (Wildman–Crippen LogP) is 1.06. The molecule has 6 nitrogen and oxygen atoms in total. The Labute approximate surface area is 112 Å². The smallest absolute Gasteiger partial charge is 0.335 e. The lowest BCUT2D eigenvalue weighted by Gasteiger charge is -2.13. The van der Waals surface area contributed by atoms with Crippen molar-refractivity contribution in [3.05, 3.63) is 28.2 Å². The van der Waals surface area contributed by atoms with Gasteiger partial charge in [0.2, 0.25) is 0 Å². The van der Waals surface area contributed by atoms with Crippen molar-refractivity contribution in [3.63, 3.8) is 0 Å². The van der Waals surface area contributed by atoms with E-state index < -0.39 is 18.0 Å². The lowest BCUT2D eigenvalue weighted by molar-refractivity contribution is -0.125. The molecule has 0 spiro atoms. The molecule has 0 bridgehead atoms. The molecule has 1 amide bonds. The molecular weight excluding hydrogens is 304 g/mol. The van der Waals surface area contributed by atoms with Gasteiger partial charge in [0.25, 0.3) is 5.91 Å². The summed E-state index contributed by atoms with van der Waals surface area (Å²) in [5.74, 6) is -1.50. The zero-order valence-electron chi connectivity index (χ0n) is 9.64. The third-order valence-corrected chi connectivity index (χ3v) is 2.66. The molecular formula is C11H13BrN2O4. The van der Waals surface area contributed by atoms with E-state index in [4.69, 9.17) is 15.6 Å². The first kappa shape index (κ1) is 14.6. The monoisotopic (exact) mass is 316 g/mol. The van der Waals surface area contributed by atoms with E-state index in [0.717, 1.165) is 0 Å². The van der Waals surface area contributed by atoms with Crippen molar-refractivity contribution in [3.8, 4) is 0 Å². The van der Waals surface area contributed by atoms with Crippen molar-refractivity contribution < 1.29 is 19.4 Å². The van der Waals surface area contributed by atoms with Gasteiger partial charge in [0.15, 0.2) is 0 Å². The number of carbonyl (C=O) groups is 2. The van der Waals surface area contributed by atoms with Gasteiger partial charge in [-0.25, -0.2) is 4.79 Å². The summed E-state index contributed by atoms with van der Waals surface area (Å²) in [4.78, 5) is 22.5. The van der Waals surface area contributed by atoms with Crippen LogP contribution >= 0.6 is 15.9 Å². The highest BCUT2D eigenvalue weighted by Gasteiger charge is 2.16. The topological polar surface area (TPSA) is 102 Å². The Kier molecular flexibility index (Phi) is 5.26. The molecule has 98 valence electrons. The summed E-state index contributed by atoms with van der Waals surface area (Å²) in [6, 6.07) is 4.39. The van der Waals surface area contributed by atoms with Crippen molar-refractivity contribution >= 4 is 33.5 Å². The van der Waals surface area contributed by atoms with Crippen LogP contribution in [0, 0.1) is 0 Å². The summed E-state index contributed by atoms with van der Waals surface area (Å²) in [6.45, 7) is 0.0438. The number of hydrogen-bond donors (Lipinski definition) is 3. The van der Waals surface area contributed by atoms with Gasteiger partial charge in [-0.2, -0.15) is 0 Å². The highest BCUT2D eigenvalue weighted by molar-refractivity contribution is 9.10. The number of benzene rings is 1. The van der Waals surface area contributed by atoms with E-state index in [0.29, 0.717) is 10.2 Å². The number of aromatic carboxylic acids is 1. The van der Waals surface area contributed by atoms with Gasteiger partial charge < -0.3 is 20.9 Å². The highest BCUT2D eigenvalue weighted by Crippen LogP contribution is 2.20. The minimum absolute atomic E-state index is 0.0438. The normalized spacial score (nSPS) is 11.9. The molecule has 0 saturated heterocycles. The molecule has 1 atom stereocenters. The molecule has 4 N–H and O–H groups in total. The second kappa shape index (κ2) is 6.48. The molecule has 1 aromatic carbocycles. The molecule has 0 radical (unpaired) electrons. The van der Waals surface area contributed by atoms with Crippen molar-refractivity contribution in [1.82, 2.24) is 0 Å². The summed E-state index contributed by atoms with van der Waals surface area (Å²) < 4.78 is 5.43. The molecule has 0 heterocycles. The Bertz CT molecular complexity index is 460. The first-order valence-electron chi connectivity index (χ1n) is 5.05. The summed E-state index contributed by atoms with van der Waals surface area (Å²) in [5, 5.41) is 11.4. The van der Waals surface area contributed by atoms with Crippen molar-refractivity contribution in [2.75, 3.05) is 19.0 Å². The number of carbonyl (C=O) groups excluding carboxylic acids is 1. The summed E-state index contributed by atoms with van der Waals surface area (Å²) in [7, 11) is 1.38. The van der Waals surface area contributed by atoms with Crippen LogP contribution in [0.3, 0.4) is 0 Å². The van der Waals surface area contributed by atoms with Crippen molar-refractivity contribution in [2.24, 2.45) is 5.73 Å². The van der Waals surface area contributed by atoms with E-state index in [1.165, 1.54) is 19.2 Å². The van der Waals surface area contributed by atoms with Crippen LogP contribution in [0.1, 0.15) is 10.4 Å². The predicted molar refractivity (Wildman–Crippen MR) is 69.6 cm³/mol. The quantitative estimate of drug-likeness (QED) is 0.754. The van der Waals surface area contributed by atoms with Gasteiger partial charge in [0, 0.05) is 23.8 Å². The maximum absolute atomic E-state index is 11.7. The van der Waals surface area contributed by atoms with Crippen LogP contribution in [-0.4, -0.2) is 36.7 Å². The van der Waals surface area contributed by atoms with Crippen LogP contribution in [0.15, 0.2) is 22.7 Å². The first-order valence-corrected chi connectivity index (χ1v) is 5.85. The molecule has 0 saturated carbocycles. The van der Waals surface area contributed by atoms with Gasteiger partial charge in [-0.05, 0) is 18.2 Å². The Morgan fingerprint density at radius 2 is 2.17 bits per heavy atom. The molecule has 0 aliphatic heterocycles. The Morgan fingerprint density at radius 3 is 2.67 bits per heavy atom. The average molecular weight is 317 g/mol. The summed E-state index contributed by atoms with van der Waals surface area (Å²) >= 11 is 3.17. The van der Waals surface area contributed by atoms with Gasteiger partial charge in [0.1, 0.15) is 6.10 Å². The van der Waals surface area contributed by atoms with E-state index in [9.17, 15) is 9.59 Å². The minimum Gasteiger partial charge on any atom is -0.478 e. The van der Waals surface area contributed by atoms with Crippen LogP contribution in [-0.2, 0) is 9.53 Å². The molecule has 7 heteroatoms. The van der Waals surface area contributed by atoms with E-state index in [-0.39, 0.29) is 12.1 Å². The number of methoxy groups -OCH3 is 1. The van der Waals surface area contributed by atoms with Crippen LogP contribution < -0.4 is 11.1 Å². The molecule has 0 aliphatic rings. The van der Waals surface area contributed by atoms with Gasteiger partial charge in [-0.1, -0.05) is 15.9 Å². The maximum Gasteiger partial charge on any atom is 0.335 e. The minimum atomic E-state index is -1.08. The van der Waals surface area contributed by atoms with Crippen LogP contribution in [0.2, 0.25) is 0 Å². The van der Waals surface area contributed by atoms with Gasteiger partial charge >= 0.3 is 5.97 Å². The number of anilines is 1. The molecule has 0 aromatic heterocycles. The van der Waals surface area contributed by atoms with Gasteiger partial charge in [0.05, 0.1) is 5.56 Å². The largest absolute Gasteiger partial charge is 0.478 e. The van der Waals surface area contributed by atoms with E-state index in [1.807, 2.05) is 0 Å². The number of carboxylic acid groups (broad SMARTS) is 1. The maximum atomic E-state index is 11.7. The molecule has 0 fully saturated rings. The zero-order valence-corrected chi connectivity index (χ0v) is 11.2. The molecule has 1 unspecified atom stereocenters. The van der Waals surface area contributed by atoms with Gasteiger partial charge in [-0.3, -0.25) is 4.79 Å². The number of amides is 1. The number of hydrogen-bond acceptors (Lipinski definition) is 4. The summed E-state index contributed by atoms with van der Waals surface area (Å²) in [5.41, 5.74) is 5.79. The standard InChI is InChI=1S/C11H13BrN2O4/c1-18-9(5-13)10(15)14-8-3-6(11(16)17)2-7(12)4-8/h2-4,9H,5,13H2,1H3,(H,14,15)(H,16,17). The van der Waals surface area contributed by atoms with Crippen molar-refractivity contribution in [1.29, 1.82) is 0 Å². The van der Waals surface area contributed by atoms with Gasteiger partial charge in [-0.15, -0.1) is 0 Å². The molecule has 1 rings (SSSR count). The number of ether oxygens (including phenoxy) is 1. The third-order valence-electron chi connectivity index (χ3n) is 2.20. The van der Waals surface area contributed by atoms with E-state index in [1.54, 1.807) is 6.07 Å². The number of rotatable bonds is 5. The fraction of sp³-hybridized carbons (Fsp3) is 0.273. The first-order chi connectivity index (χ1) is 8.47. The fourth-order valence-corrected chi connectivity index (χ4v) is 1.81. The molecule has 1 aromatic rings. The van der Waals surface area contributed by atoms with Crippen LogP contribution in [0.25, 0.3) is 0 Å². The molecule has 0 aliphatic carbocycles. The third kappa shape index (κ3) is 3.80. The van der Waals surface area contributed by atoms with Crippen LogP contribution in [0.4, 0.5) is 5.69 Å². The van der Waals surface area contributed by atoms with Crippen molar-refractivity contribution in [2.45, 2.75) is 6.10 Å². The van der Waals surface area contributed by atoms with E-state index >= 15 is 0 Å². The second-order valence-electron chi connectivity index (χ2n) is 3.48. The Balaban J connectivity index is 2.90. The SMILES string of the molecule is COC(CN)C(=O)Nc1cc(Br)cc(C(=O)O)c1. The Morgan fingerprint density at radius 1 is 1.50 bits per heavy atom. The number of carboxylic acids is 1.